The maximum atomic E-state index is 14.4. The number of amides is 1. The van der Waals surface area contributed by atoms with Crippen LogP contribution in [0.1, 0.15) is 41.6 Å². The molecule has 1 aliphatic carbocycles. The summed E-state index contributed by atoms with van der Waals surface area (Å²) in [5, 5.41) is 12.0. The number of halogens is 1. The van der Waals surface area contributed by atoms with Crippen molar-refractivity contribution >= 4 is 17.6 Å². The molecule has 1 fully saturated rings. The first-order chi connectivity index (χ1) is 12.5. The molecule has 0 bridgehead atoms. The van der Waals surface area contributed by atoms with Gasteiger partial charge < -0.3 is 15.2 Å². The van der Waals surface area contributed by atoms with E-state index in [9.17, 15) is 14.0 Å². The Kier molecular flexibility index (Phi) is 4.93. The molecule has 6 heteroatoms. The summed E-state index contributed by atoms with van der Waals surface area (Å²) in [4.78, 5) is 24.3. The van der Waals surface area contributed by atoms with E-state index in [1.807, 2.05) is 0 Å². The van der Waals surface area contributed by atoms with E-state index in [4.69, 9.17) is 9.84 Å². The Labute approximate surface area is 150 Å². The first-order valence-electron chi connectivity index (χ1n) is 8.46. The zero-order valence-electron chi connectivity index (χ0n) is 14.4. The maximum Gasteiger partial charge on any atom is 0.339 e. The van der Waals surface area contributed by atoms with Crippen molar-refractivity contribution in [2.24, 2.45) is 0 Å². The zero-order valence-corrected chi connectivity index (χ0v) is 14.4. The number of benzene rings is 2. The Morgan fingerprint density at radius 3 is 2.46 bits per heavy atom. The van der Waals surface area contributed by atoms with Crippen molar-refractivity contribution in [3.05, 3.63) is 59.4 Å². The lowest BCUT2D eigenvalue weighted by Gasteiger charge is -2.28. The number of anilines is 1. The van der Waals surface area contributed by atoms with Gasteiger partial charge >= 0.3 is 5.97 Å². The quantitative estimate of drug-likeness (QED) is 0.849. The van der Waals surface area contributed by atoms with Gasteiger partial charge in [0.15, 0.2) is 0 Å². The van der Waals surface area contributed by atoms with Gasteiger partial charge in [0, 0.05) is 17.3 Å². The highest BCUT2D eigenvalue weighted by Crippen LogP contribution is 2.43. The van der Waals surface area contributed by atoms with Crippen molar-refractivity contribution in [2.75, 3.05) is 12.4 Å². The third-order valence-electron chi connectivity index (χ3n) is 4.97. The molecule has 0 saturated heterocycles. The summed E-state index contributed by atoms with van der Waals surface area (Å²) in [6.07, 6.45) is 2.85. The van der Waals surface area contributed by atoms with Gasteiger partial charge in [-0.1, -0.05) is 31.0 Å². The van der Waals surface area contributed by atoms with Gasteiger partial charge in [0.05, 0.1) is 12.5 Å². The topological polar surface area (TPSA) is 75.6 Å². The van der Waals surface area contributed by atoms with Crippen molar-refractivity contribution in [1.29, 1.82) is 0 Å². The van der Waals surface area contributed by atoms with Crippen LogP contribution in [0.4, 0.5) is 10.1 Å². The highest BCUT2D eigenvalue weighted by atomic mass is 19.1. The second kappa shape index (κ2) is 7.15. The van der Waals surface area contributed by atoms with E-state index < -0.39 is 11.4 Å². The number of nitrogens with one attached hydrogen (secondary N) is 1. The molecule has 3 rings (SSSR count). The molecule has 26 heavy (non-hydrogen) atoms. The summed E-state index contributed by atoms with van der Waals surface area (Å²) in [7, 11) is 1.37. The van der Waals surface area contributed by atoms with E-state index in [1.54, 1.807) is 18.2 Å². The van der Waals surface area contributed by atoms with E-state index in [-0.39, 0.29) is 23.0 Å². The number of carboxylic acids is 1. The second-order valence-electron chi connectivity index (χ2n) is 6.44. The fraction of sp³-hybridized carbons (Fsp3) is 0.300. The number of hydrogen-bond acceptors (Lipinski definition) is 3. The van der Waals surface area contributed by atoms with Crippen LogP contribution in [0.25, 0.3) is 0 Å². The Hall–Kier alpha value is -2.89. The van der Waals surface area contributed by atoms with Crippen LogP contribution < -0.4 is 10.1 Å². The Morgan fingerprint density at radius 2 is 1.85 bits per heavy atom. The molecule has 1 aliphatic rings. The van der Waals surface area contributed by atoms with Crippen molar-refractivity contribution < 1.29 is 23.8 Å². The van der Waals surface area contributed by atoms with Gasteiger partial charge in [0.2, 0.25) is 5.91 Å². The summed E-state index contributed by atoms with van der Waals surface area (Å²) in [5.41, 5.74) is -0.0805. The summed E-state index contributed by atoms with van der Waals surface area (Å²) in [6.45, 7) is 0. The maximum absolute atomic E-state index is 14.4. The first-order valence-corrected chi connectivity index (χ1v) is 8.46. The van der Waals surface area contributed by atoms with Gasteiger partial charge in [0.1, 0.15) is 17.1 Å². The van der Waals surface area contributed by atoms with E-state index >= 15 is 0 Å². The molecule has 2 N–H and O–H groups in total. The first kappa shape index (κ1) is 17.9. The molecule has 1 amide bonds. The van der Waals surface area contributed by atoms with Crippen LogP contribution in [0.3, 0.4) is 0 Å². The fourth-order valence-electron chi connectivity index (χ4n) is 3.64. The van der Waals surface area contributed by atoms with Crippen molar-refractivity contribution in [3.63, 3.8) is 0 Å². The summed E-state index contributed by atoms with van der Waals surface area (Å²) in [6, 6.07) is 10.7. The molecule has 0 aromatic heterocycles. The van der Waals surface area contributed by atoms with E-state index in [2.05, 4.69) is 5.32 Å². The van der Waals surface area contributed by atoms with Crippen LogP contribution in [0, 0.1) is 5.82 Å². The largest absolute Gasteiger partial charge is 0.496 e. The summed E-state index contributed by atoms with van der Waals surface area (Å²) < 4.78 is 19.5. The number of carboxylic acid groups (broad SMARTS) is 1. The van der Waals surface area contributed by atoms with Crippen LogP contribution in [0.15, 0.2) is 42.5 Å². The van der Waals surface area contributed by atoms with Gasteiger partial charge in [-0.05, 0) is 31.0 Å². The molecular formula is C20H20FNO4. The third-order valence-corrected chi connectivity index (χ3v) is 4.97. The normalized spacial score (nSPS) is 15.5. The van der Waals surface area contributed by atoms with Crippen molar-refractivity contribution in [3.8, 4) is 5.75 Å². The molecule has 5 nitrogen and oxygen atoms in total. The van der Waals surface area contributed by atoms with Crippen LogP contribution >= 0.6 is 0 Å². The average Bonchev–Trinajstić information content (AvgIpc) is 3.12. The Balaban J connectivity index is 1.93. The molecule has 0 unspecified atom stereocenters. The standard InChI is InChI=1S/C20H20FNO4/c1-26-17-12-13(8-9-14(17)18(23)24)22-19(25)20(10-4-5-11-20)15-6-2-3-7-16(15)21/h2-3,6-9,12H,4-5,10-11H2,1H3,(H,22,25)(H,23,24). The van der Waals surface area contributed by atoms with Gasteiger partial charge in [0.25, 0.3) is 0 Å². The van der Waals surface area contributed by atoms with Crippen molar-refractivity contribution in [2.45, 2.75) is 31.1 Å². The summed E-state index contributed by atoms with van der Waals surface area (Å²) >= 11 is 0. The number of ether oxygens (including phenoxy) is 1. The second-order valence-corrected chi connectivity index (χ2v) is 6.44. The van der Waals surface area contributed by atoms with E-state index in [0.717, 1.165) is 12.8 Å². The fourth-order valence-corrected chi connectivity index (χ4v) is 3.64. The monoisotopic (exact) mass is 357 g/mol. The van der Waals surface area contributed by atoms with E-state index in [1.165, 1.54) is 31.4 Å². The smallest absolute Gasteiger partial charge is 0.339 e. The number of rotatable bonds is 5. The molecular weight excluding hydrogens is 337 g/mol. The number of methoxy groups -OCH3 is 1. The van der Waals surface area contributed by atoms with E-state index in [0.29, 0.717) is 24.1 Å². The average molecular weight is 357 g/mol. The SMILES string of the molecule is COc1cc(NC(=O)C2(c3ccccc3F)CCCC2)ccc1C(=O)O. The molecule has 1 saturated carbocycles. The van der Waals surface area contributed by atoms with Gasteiger partial charge in [-0.2, -0.15) is 0 Å². The molecule has 0 radical (unpaired) electrons. The van der Waals surface area contributed by atoms with Crippen LogP contribution in [-0.4, -0.2) is 24.1 Å². The lowest BCUT2D eigenvalue weighted by molar-refractivity contribution is -0.121. The molecule has 2 aromatic rings. The predicted octanol–water partition coefficient (Wildman–Crippen LogP) is 3.98. The number of carbonyl (C=O) groups excluding carboxylic acids is 1. The molecule has 2 aromatic carbocycles. The molecule has 0 spiro atoms. The lowest BCUT2D eigenvalue weighted by atomic mass is 9.77. The molecule has 0 atom stereocenters. The Bertz CT molecular complexity index is 843. The molecule has 0 heterocycles. The minimum atomic E-state index is -1.11. The lowest BCUT2D eigenvalue weighted by Crippen LogP contribution is -2.38. The van der Waals surface area contributed by atoms with Crippen LogP contribution in [0.2, 0.25) is 0 Å². The Morgan fingerprint density at radius 1 is 1.15 bits per heavy atom. The van der Waals surface area contributed by atoms with Gasteiger partial charge in [-0.25, -0.2) is 9.18 Å². The minimum Gasteiger partial charge on any atom is -0.496 e. The predicted molar refractivity (Wildman–Crippen MR) is 95.1 cm³/mol. The van der Waals surface area contributed by atoms with Crippen LogP contribution in [-0.2, 0) is 10.2 Å². The molecule has 0 aliphatic heterocycles. The third kappa shape index (κ3) is 3.14. The highest BCUT2D eigenvalue weighted by Gasteiger charge is 2.44. The zero-order chi connectivity index (χ0) is 18.7. The number of aromatic carboxylic acids is 1. The summed E-state index contributed by atoms with van der Waals surface area (Å²) in [5.74, 6) is -1.63. The number of hydrogen-bond donors (Lipinski definition) is 2. The highest BCUT2D eigenvalue weighted by molar-refractivity contribution is 6.00. The molecule has 136 valence electrons. The van der Waals surface area contributed by atoms with Crippen molar-refractivity contribution in [1.82, 2.24) is 0 Å². The number of carbonyl (C=O) groups is 2. The van der Waals surface area contributed by atoms with Crippen LogP contribution in [0.5, 0.6) is 5.75 Å². The minimum absolute atomic E-state index is 0.00943. The van der Waals surface area contributed by atoms with Gasteiger partial charge in [-0.3, -0.25) is 4.79 Å². The van der Waals surface area contributed by atoms with Gasteiger partial charge in [-0.15, -0.1) is 0 Å².